The third kappa shape index (κ3) is 5.89. The Kier molecular flexibility index (Phi) is 7.15. The molecule has 3 nitrogen and oxygen atoms in total. The van der Waals surface area contributed by atoms with Crippen molar-refractivity contribution in [2.24, 2.45) is 5.92 Å². The summed E-state index contributed by atoms with van der Waals surface area (Å²) in [7, 11) is 0. The van der Waals surface area contributed by atoms with E-state index in [1.54, 1.807) is 11.8 Å². The van der Waals surface area contributed by atoms with Crippen LogP contribution in [0, 0.1) is 12.8 Å². The third-order valence-electron chi connectivity index (χ3n) is 4.82. The lowest BCUT2D eigenvalue weighted by atomic mass is 9.96. The van der Waals surface area contributed by atoms with Crippen molar-refractivity contribution < 1.29 is 4.79 Å². The highest BCUT2D eigenvalue weighted by atomic mass is 32.2. The van der Waals surface area contributed by atoms with Gasteiger partial charge in [-0.2, -0.15) is 0 Å². The molecule has 0 aromatic heterocycles. The third-order valence-corrected chi connectivity index (χ3v) is 5.83. The number of hydrogen-bond donors (Lipinski definition) is 1. The second-order valence-electron chi connectivity index (χ2n) is 7.01. The highest BCUT2D eigenvalue weighted by Crippen LogP contribution is 2.20. The van der Waals surface area contributed by atoms with Crippen molar-refractivity contribution in [3.8, 4) is 0 Å². The van der Waals surface area contributed by atoms with Crippen LogP contribution in [0.4, 0.5) is 0 Å². The zero-order valence-corrected chi connectivity index (χ0v) is 16.3. The van der Waals surface area contributed by atoms with Gasteiger partial charge in [0.05, 0.1) is 5.92 Å². The van der Waals surface area contributed by atoms with Crippen molar-refractivity contribution in [1.29, 1.82) is 0 Å². The van der Waals surface area contributed by atoms with E-state index in [0.29, 0.717) is 0 Å². The molecule has 4 heteroatoms. The molecule has 1 unspecified atom stereocenters. The van der Waals surface area contributed by atoms with Crippen molar-refractivity contribution in [2.45, 2.75) is 31.2 Å². The number of hydrogen-bond acceptors (Lipinski definition) is 3. The average molecular weight is 369 g/mol. The molecule has 1 fully saturated rings. The Hall–Kier alpha value is -1.78. The standard InChI is InChI=1S/C22H28N2OS/c1-18-9-11-21(12-10-18)26-15-13-23-22(25)20-8-5-14-24(17-20)16-19-6-3-2-4-7-19/h2-4,6-7,9-12,20H,5,8,13-17H2,1H3,(H,23,25). The number of carbonyl (C=O) groups is 1. The quantitative estimate of drug-likeness (QED) is 0.589. The number of benzene rings is 2. The minimum absolute atomic E-state index is 0.122. The first-order chi connectivity index (χ1) is 12.7. The number of nitrogens with one attached hydrogen (secondary N) is 1. The number of nitrogens with zero attached hydrogens (tertiary/aromatic N) is 1. The van der Waals surface area contributed by atoms with E-state index in [0.717, 1.165) is 44.8 Å². The van der Waals surface area contributed by atoms with Gasteiger partial charge in [0.1, 0.15) is 0 Å². The van der Waals surface area contributed by atoms with E-state index in [1.807, 2.05) is 6.07 Å². The molecule has 1 aliphatic rings. The van der Waals surface area contributed by atoms with Gasteiger partial charge < -0.3 is 5.32 Å². The monoisotopic (exact) mass is 368 g/mol. The zero-order valence-electron chi connectivity index (χ0n) is 15.5. The summed E-state index contributed by atoms with van der Waals surface area (Å²) in [5.41, 5.74) is 2.60. The normalized spacial score (nSPS) is 17.8. The zero-order chi connectivity index (χ0) is 18.2. The van der Waals surface area contributed by atoms with Crippen molar-refractivity contribution in [3.63, 3.8) is 0 Å². The summed E-state index contributed by atoms with van der Waals surface area (Å²) in [6.45, 7) is 5.72. The van der Waals surface area contributed by atoms with Gasteiger partial charge >= 0.3 is 0 Å². The molecule has 138 valence electrons. The first kappa shape index (κ1) is 19.0. The van der Waals surface area contributed by atoms with Crippen molar-refractivity contribution in [3.05, 3.63) is 65.7 Å². The number of rotatable bonds is 7. The maximum Gasteiger partial charge on any atom is 0.224 e. The van der Waals surface area contributed by atoms with E-state index in [-0.39, 0.29) is 11.8 Å². The Balaban J connectivity index is 1.39. The van der Waals surface area contributed by atoms with Gasteiger partial charge in [0.15, 0.2) is 0 Å². The van der Waals surface area contributed by atoms with Crippen LogP contribution in [0.3, 0.4) is 0 Å². The number of thioether (sulfide) groups is 1. The highest BCUT2D eigenvalue weighted by molar-refractivity contribution is 7.99. The SMILES string of the molecule is Cc1ccc(SCCNC(=O)C2CCCN(Cc3ccccc3)C2)cc1. The molecule has 2 aromatic carbocycles. The van der Waals surface area contributed by atoms with Crippen LogP contribution >= 0.6 is 11.8 Å². The fraction of sp³-hybridized carbons (Fsp3) is 0.409. The summed E-state index contributed by atoms with van der Waals surface area (Å²) < 4.78 is 0. The molecule has 1 N–H and O–H groups in total. The molecule has 26 heavy (non-hydrogen) atoms. The molecule has 1 atom stereocenters. The van der Waals surface area contributed by atoms with Gasteiger partial charge in [0.25, 0.3) is 0 Å². The van der Waals surface area contributed by atoms with E-state index in [4.69, 9.17) is 0 Å². The first-order valence-electron chi connectivity index (χ1n) is 9.44. The van der Waals surface area contributed by atoms with Crippen molar-refractivity contribution in [1.82, 2.24) is 10.2 Å². The van der Waals surface area contributed by atoms with Crippen molar-refractivity contribution >= 4 is 17.7 Å². The molecule has 2 aromatic rings. The smallest absolute Gasteiger partial charge is 0.224 e. The van der Waals surface area contributed by atoms with E-state index < -0.39 is 0 Å². The largest absolute Gasteiger partial charge is 0.355 e. The topological polar surface area (TPSA) is 32.3 Å². The summed E-state index contributed by atoms with van der Waals surface area (Å²) in [6.07, 6.45) is 2.10. The lowest BCUT2D eigenvalue weighted by molar-refractivity contribution is -0.126. The highest BCUT2D eigenvalue weighted by Gasteiger charge is 2.25. The molecule has 0 radical (unpaired) electrons. The van der Waals surface area contributed by atoms with Crippen LogP contribution < -0.4 is 5.32 Å². The van der Waals surface area contributed by atoms with Crippen LogP contribution in [0.1, 0.15) is 24.0 Å². The minimum atomic E-state index is 0.122. The first-order valence-corrected chi connectivity index (χ1v) is 10.4. The summed E-state index contributed by atoms with van der Waals surface area (Å²) in [5.74, 6) is 1.25. The molecule has 1 aliphatic heterocycles. The molecule has 0 bridgehead atoms. The van der Waals surface area contributed by atoms with Gasteiger partial charge in [0, 0.05) is 30.3 Å². The molecule has 1 heterocycles. The fourth-order valence-corrected chi connectivity index (χ4v) is 4.15. The molecule has 1 saturated heterocycles. The number of piperidine rings is 1. The van der Waals surface area contributed by atoms with Gasteiger partial charge in [-0.15, -0.1) is 11.8 Å². The Morgan fingerprint density at radius 2 is 1.92 bits per heavy atom. The molecule has 0 spiro atoms. The minimum Gasteiger partial charge on any atom is -0.355 e. The summed E-state index contributed by atoms with van der Waals surface area (Å²) in [5, 5.41) is 3.13. The lowest BCUT2D eigenvalue weighted by Gasteiger charge is -2.32. The second kappa shape index (κ2) is 9.79. The van der Waals surface area contributed by atoms with Gasteiger partial charge in [0.2, 0.25) is 5.91 Å². The number of aryl methyl sites for hydroxylation is 1. The van der Waals surface area contributed by atoms with Crippen LogP contribution in [-0.4, -0.2) is 36.2 Å². The summed E-state index contributed by atoms with van der Waals surface area (Å²) >= 11 is 1.79. The fourth-order valence-electron chi connectivity index (χ4n) is 3.38. The second-order valence-corrected chi connectivity index (χ2v) is 8.18. The summed E-state index contributed by atoms with van der Waals surface area (Å²) in [6, 6.07) is 19.1. The van der Waals surface area contributed by atoms with E-state index in [1.165, 1.54) is 16.0 Å². The predicted molar refractivity (Wildman–Crippen MR) is 109 cm³/mol. The predicted octanol–water partition coefficient (Wildman–Crippen LogP) is 4.12. The molecule has 3 rings (SSSR count). The number of likely N-dealkylation sites (tertiary alicyclic amines) is 1. The molecule has 0 aliphatic carbocycles. The van der Waals surface area contributed by atoms with Crippen LogP contribution in [0.2, 0.25) is 0 Å². The molecular formula is C22H28N2OS. The molecule has 0 saturated carbocycles. The maximum atomic E-state index is 12.5. The van der Waals surface area contributed by atoms with Crippen LogP contribution in [0.25, 0.3) is 0 Å². The van der Waals surface area contributed by atoms with E-state index >= 15 is 0 Å². The van der Waals surface area contributed by atoms with Crippen LogP contribution in [-0.2, 0) is 11.3 Å². The number of carbonyl (C=O) groups excluding carboxylic acids is 1. The maximum absolute atomic E-state index is 12.5. The lowest BCUT2D eigenvalue weighted by Crippen LogP contribution is -2.43. The number of amides is 1. The Morgan fingerprint density at radius 3 is 2.69 bits per heavy atom. The van der Waals surface area contributed by atoms with E-state index in [2.05, 4.69) is 65.7 Å². The van der Waals surface area contributed by atoms with Crippen LogP contribution in [0.5, 0.6) is 0 Å². The van der Waals surface area contributed by atoms with Crippen molar-refractivity contribution in [2.75, 3.05) is 25.4 Å². The van der Waals surface area contributed by atoms with Gasteiger partial charge in [-0.05, 0) is 44.0 Å². The van der Waals surface area contributed by atoms with Gasteiger partial charge in [-0.3, -0.25) is 9.69 Å². The Morgan fingerprint density at radius 1 is 1.15 bits per heavy atom. The van der Waals surface area contributed by atoms with Gasteiger partial charge in [-0.1, -0.05) is 48.0 Å². The average Bonchev–Trinajstić information content (AvgIpc) is 2.67. The van der Waals surface area contributed by atoms with E-state index in [9.17, 15) is 4.79 Å². The molecular weight excluding hydrogens is 340 g/mol. The van der Waals surface area contributed by atoms with Gasteiger partial charge in [-0.25, -0.2) is 0 Å². The summed E-state index contributed by atoms with van der Waals surface area (Å²) in [4.78, 5) is 16.2. The Bertz CT molecular complexity index is 687. The Labute approximate surface area is 161 Å². The molecule has 1 amide bonds. The van der Waals surface area contributed by atoms with Crippen LogP contribution in [0.15, 0.2) is 59.5 Å².